The van der Waals surface area contributed by atoms with E-state index in [1.807, 2.05) is 17.1 Å². The molecule has 0 bridgehead atoms. The van der Waals surface area contributed by atoms with E-state index in [9.17, 15) is 21.6 Å². The SMILES string of the molecule is CN(C[C@H]1CC[C@H](COC/C=C/CN(CCO)CCO)CC1)S(=O)(=O)c1ccc(C(F)(F)F)cc1. The lowest BCUT2D eigenvalue weighted by molar-refractivity contribution is -0.137. The lowest BCUT2D eigenvalue weighted by atomic mass is 9.82. The molecule has 0 aliphatic heterocycles. The van der Waals surface area contributed by atoms with E-state index in [0.29, 0.717) is 45.3 Å². The Morgan fingerprint density at radius 3 is 2.11 bits per heavy atom. The third-order valence-corrected chi connectivity index (χ3v) is 8.14. The molecule has 0 unspecified atom stereocenters. The zero-order valence-electron chi connectivity index (χ0n) is 20.2. The highest BCUT2D eigenvalue weighted by atomic mass is 32.2. The maximum absolute atomic E-state index is 12.8. The van der Waals surface area contributed by atoms with Crippen LogP contribution < -0.4 is 0 Å². The molecule has 2 N–H and O–H groups in total. The second kappa shape index (κ2) is 14.3. The Hall–Kier alpha value is -1.50. The van der Waals surface area contributed by atoms with Gasteiger partial charge in [-0.05, 0) is 61.8 Å². The smallest absolute Gasteiger partial charge is 0.395 e. The Kier molecular flexibility index (Phi) is 12.1. The van der Waals surface area contributed by atoms with Gasteiger partial charge in [-0.3, -0.25) is 4.90 Å². The van der Waals surface area contributed by atoms with Crippen LogP contribution in [0, 0.1) is 11.8 Å². The molecule has 200 valence electrons. The molecule has 1 aliphatic carbocycles. The molecular formula is C24H37F3N2O5S. The van der Waals surface area contributed by atoms with E-state index in [-0.39, 0.29) is 24.0 Å². The van der Waals surface area contributed by atoms with Crippen molar-refractivity contribution in [1.29, 1.82) is 0 Å². The maximum Gasteiger partial charge on any atom is 0.416 e. The lowest BCUT2D eigenvalue weighted by Gasteiger charge is -2.30. The van der Waals surface area contributed by atoms with E-state index in [2.05, 4.69) is 0 Å². The van der Waals surface area contributed by atoms with Crippen molar-refractivity contribution in [3.8, 4) is 0 Å². The Morgan fingerprint density at radius 2 is 1.57 bits per heavy atom. The van der Waals surface area contributed by atoms with Gasteiger partial charge in [0.1, 0.15) is 0 Å². The van der Waals surface area contributed by atoms with Crippen molar-refractivity contribution in [2.24, 2.45) is 11.8 Å². The van der Waals surface area contributed by atoms with Crippen LogP contribution >= 0.6 is 0 Å². The number of hydrogen-bond acceptors (Lipinski definition) is 6. The summed E-state index contributed by atoms with van der Waals surface area (Å²) in [7, 11) is -2.38. The molecule has 0 spiro atoms. The molecule has 0 radical (unpaired) electrons. The number of nitrogens with zero attached hydrogens (tertiary/aromatic N) is 2. The molecule has 0 amide bonds. The summed E-state index contributed by atoms with van der Waals surface area (Å²) in [6, 6.07) is 3.60. The fourth-order valence-electron chi connectivity index (χ4n) is 4.21. The van der Waals surface area contributed by atoms with Crippen molar-refractivity contribution in [2.45, 2.75) is 36.8 Å². The Bertz CT molecular complexity index is 864. The topological polar surface area (TPSA) is 90.3 Å². The number of rotatable bonds is 14. The summed E-state index contributed by atoms with van der Waals surface area (Å²) in [6.07, 6.45) is 2.98. The minimum absolute atomic E-state index is 0.0454. The first kappa shape index (κ1) is 29.7. The molecule has 35 heavy (non-hydrogen) atoms. The van der Waals surface area contributed by atoms with Gasteiger partial charge in [0, 0.05) is 39.8 Å². The average Bonchev–Trinajstić information content (AvgIpc) is 2.82. The number of halogens is 3. The van der Waals surface area contributed by atoms with Crippen LogP contribution in [-0.2, 0) is 20.9 Å². The lowest BCUT2D eigenvalue weighted by Crippen LogP contribution is -2.34. The van der Waals surface area contributed by atoms with Crippen LogP contribution in [0.25, 0.3) is 0 Å². The zero-order chi connectivity index (χ0) is 25.9. The molecule has 0 atom stereocenters. The summed E-state index contributed by atoms with van der Waals surface area (Å²) in [4.78, 5) is 1.80. The molecule has 1 aromatic carbocycles. The van der Waals surface area contributed by atoms with E-state index in [1.165, 1.54) is 11.4 Å². The van der Waals surface area contributed by atoms with Gasteiger partial charge in [-0.2, -0.15) is 13.2 Å². The summed E-state index contributed by atoms with van der Waals surface area (Å²) in [5, 5.41) is 18.0. The quantitative estimate of drug-likeness (QED) is 0.289. The molecule has 1 saturated carbocycles. The van der Waals surface area contributed by atoms with Crippen molar-refractivity contribution < 1.29 is 36.5 Å². The first-order valence-corrected chi connectivity index (χ1v) is 13.3. The van der Waals surface area contributed by atoms with Gasteiger partial charge in [0.15, 0.2) is 0 Å². The van der Waals surface area contributed by atoms with Gasteiger partial charge in [-0.15, -0.1) is 0 Å². The van der Waals surface area contributed by atoms with E-state index in [1.54, 1.807) is 0 Å². The highest BCUT2D eigenvalue weighted by Crippen LogP contribution is 2.32. The van der Waals surface area contributed by atoms with Crippen LogP contribution in [-0.4, -0.2) is 87.5 Å². The Labute approximate surface area is 206 Å². The zero-order valence-corrected chi connectivity index (χ0v) is 21.0. The third kappa shape index (κ3) is 9.82. The van der Waals surface area contributed by atoms with Crippen LogP contribution in [0.5, 0.6) is 0 Å². The molecular weight excluding hydrogens is 485 g/mol. The maximum atomic E-state index is 12.8. The fraction of sp³-hybridized carbons (Fsp3) is 0.667. The van der Waals surface area contributed by atoms with Crippen molar-refractivity contribution in [3.63, 3.8) is 0 Å². The van der Waals surface area contributed by atoms with Crippen LogP contribution in [0.1, 0.15) is 31.2 Å². The normalized spacial score (nSPS) is 19.8. The molecule has 0 aromatic heterocycles. The van der Waals surface area contributed by atoms with Crippen molar-refractivity contribution in [1.82, 2.24) is 9.21 Å². The molecule has 1 fully saturated rings. The molecule has 1 aromatic rings. The summed E-state index contributed by atoms with van der Waals surface area (Å²) in [6.45, 7) is 3.20. The summed E-state index contributed by atoms with van der Waals surface area (Å²) in [5.74, 6) is 0.612. The van der Waals surface area contributed by atoms with E-state index >= 15 is 0 Å². The first-order valence-electron chi connectivity index (χ1n) is 11.9. The number of benzene rings is 1. The number of sulfonamides is 1. The van der Waals surface area contributed by atoms with Gasteiger partial charge in [-0.25, -0.2) is 12.7 Å². The summed E-state index contributed by atoms with van der Waals surface area (Å²) in [5.41, 5.74) is -0.875. The number of aliphatic hydroxyl groups excluding tert-OH is 2. The monoisotopic (exact) mass is 522 g/mol. The van der Waals surface area contributed by atoms with E-state index in [4.69, 9.17) is 14.9 Å². The largest absolute Gasteiger partial charge is 0.416 e. The van der Waals surface area contributed by atoms with Gasteiger partial charge < -0.3 is 14.9 Å². The average molecular weight is 523 g/mol. The standard InChI is InChI=1S/C24H37F3N2O5S/c1-28(35(32,33)23-10-8-22(9-11-23)24(25,26)27)18-20-4-6-21(7-5-20)19-34-17-3-2-12-29(13-15-30)14-16-31/h2-3,8-11,20-21,30-31H,4-7,12-19H2,1H3/b3-2+/t20-,21-. The van der Waals surface area contributed by atoms with Gasteiger partial charge in [0.05, 0.1) is 30.3 Å². The highest BCUT2D eigenvalue weighted by molar-refractivity contribution is 7.89. The number of ether oxygens (including phenoxy) is 1. The van der Waals surface area contributed by atoms with Gasteiger partial charge in [-0.1, -0.05) is 12.2 Å². The van der Waals surface area contributed by atoms with Crippen molar-refractivity contribution in [3.05, 3.63) is 42.0 Å². The molecule has 2 rings (SSSR count). The molecule has 7 nitrogen and oxygen atoms in total. The van der Waals surface area contributed by atoms with E-state index < -0.39 is 21.8 Å². The van der Waals surface area contributed by atoms with Gasteiger partial charge >= 0.3 is 6.18 Å². The minimum Gasteiger partial charge on any atom is -0.395 e. The minimum atomic E-state index is -4.51. The third-order valence-electron chi connectivity index (χ3n) is 6.30. The second-order valence-corrected chi connectivity index (χ2v) is 11.0. The second-order valence-electron chi connectivity index (χ2n) is 8.95. The van der Waals surface area contributed by atoms with Crippen LogP contribution in [0.15, 0.2) is 41.3 Å². The summed E-state index contributed by atoms with van der Waals surface area (Å²) >= 11 is 0. The first-order chi connectivity index (χ1) is 16.6. The predicted molar refractivity (Wildman–Crippen MR) is 127 cm³/mol. The van der Waals surface area contributed by atoms with Gasteiger partial charge in [0.2, 0.25) is 10.0 Å². The van der Waals surface area contributed by atoms with Crippen LogP contribution in [0.3, 0.4) is 0 Å². The summed E-state index contributed by atoms with van der Waals surface area (Å²) < 4.78 is 70.7. The van der Waals surface area contributed by atoms with Crippen molar-refractivity contribution >= 4 is 10.0 Å². The number of hydrogen-bond donors (Lipinski definition) is 2. The van der Waals surface area contributed by atoms with Crippen molar-refractivity contribution in [2.75, 3.05) is 59.7 Å². The molecule has 0 saturated heterocycles. The van der Waals surface area contributed by atoms with E-state index in [0.717, 1.165) is 49.9 Å². The van der Waals surface area contributed by atoms with Gasteiger partial charge in [0.25, 0.3) is 0 Å². The van der Waals surface area contributed by atoms with Crippen LogP contribution in [0.2, 0.25) is 0 Å². The number of aliphatic hydroxyl groups is 2. The molecule has 0 heterocycles. The molecule has 1 aliphatic rings. The highest BCUT2D eigenvalue weighted by Gasteiger charge is 2.32. The Balaban J connectivity index is 1.71. The Morgan fingerprint density at radius 1 is 1.00 bits per heavy atom. The fourth-order valence-corrected chi connectivity index (χ4v) is 5.46. The molecule has 11 heteroatoms. The van der Waals surface area contributed by atoms with Crippen LogP contribution in [0.4, 0.5) is 13.2 Å². The number of alkyl halides is 3. The predicted octanol–water partition coefficient (Wildman–Crippen LogP) is 2.99.